The molecule has 3 rings (SSSR count). The lowest BCUT2D eigenvalue weighted by Gasteiger charge is -2.26. The Balaban J connectivity index is 1.44. The molecular formula is C19H19BrClNO3. The van der Waals surface area contributed by atoms with Gasteiger partial charge in [-0.2, -0.15) is 0 Å². The van der Waals surface area contributed by atoms with E-state index in [9.17, 15) is 4.79 Å². The molecule has 1 aliphatic heterocycles. The third-order valence-electron chi connectivity index (χ3n) is 3.99. The van der Waals surface area contributed by atoms with E-state index >= 15 is 0 Å². The second kappa shape index (κ2) is 8.59. The molecule has 1 unspecified atom stereocenters. The van der Waals surface area contributed by atoms with Gasteiger partial charge in [0.2, 0.25) is 5.91 Å². The first-order chi connectivity index (χ1) is 12.1. The first kappa shape index (κ1) is 18.1. The van der Waals surface area contributed by atoms with E-state index in [1.807, 2.05) is 30.3 Å². The summed E-state index contributed by atoms with van der Waals surface area (Å²) in [6, 6.07) is 13.2. The quantitative estimate of drug-likeness (QED) is 0.671. The van der Waals surface area contributed by atoms with Crippen molar-refractivity contribution in [2.45, 2.75) is 25.3 Å². The maximum atomic E-state index is 12.2. The number of rotatable bonds is 6. The summed E-state index contributed by atoms with van der Waals surface area (Å²) >= 11 is 9.31. The Morgan fingerprint density at radius 3 is 3.00 bits per heavy atom. The van der Waals surface area contributed by atoms with Crippen LogP contribution in [0.5, 0.6) is 11.5 Å². The molecule has 0 spiro atoms. The number of ether oxygens (including phenoxy) is 2. The van der Waals surface area contributed by atoms with Crippen molar-refractivity contribution in [2.24, 2.45) is 0 Å². The molecule has 1 amide bonds. The van der Waals surface area contributed by atoms with Gasteiger partial charge in [-0.25, -0.2) is 0 Å². The van der Waals surface area contributed by atoms with E-state index in [1.165, 1.54) is 0 Å². The normalized spacial score (nSPS) is 15.8. The molecule has 2 aromatic rings. The van der Waals surface area contributed by atoms with Gasteiger partial charge in [0.25, 0.3) is 0 Å². The number of hydrogen-bond acceptors (Lipinski definition) is 3. The Hall–Kier alpha value is -1.72. The fourth-order valence-electron chi connectivity index (χ4n) is 2.77. The van der Waals surface area contributed by atoms with E-state index in [-0.39, 0.29) is 11.9 Å². The molecule has 0 saturated heterocycles. The second-order valence-corrected chi connectivity index (χ2v) is 7.11. The van der Waals surface area contributed by atoms with E-state index in [0.29, 0.717) is 31.1 Å². The summed E-state index contributed by atoms with van der Waals surface area (Å²) in [6.45, 7) is 1.09. The average Bonchev–Trinajstić information content (AvgIpc) is 2.60. The summed E-state index contributed by atoms with van der Waals surface area (Å²) in [7, 11) is 0. The molecule has 0 radical (unpaired) electrons. The summed E-state index contributed by atoms with van der Waals surface area (Å²) in [6.07, 6.45) is 1.85. The van der Waals surface area contributed by atoms with Crippen LogP contribution in [-0.2, 0) is 4.79 Å². The maximum absolute atomic E-state index is 12.2. The monoisotopic (exact) mass is 423 g/mol. The summed E-state index contributed by atoms with van der Waals surface area (Å²) in [4.78, 5) is 12.2. The summed E-state index contributed by atoms with van der Waals surface area (Å²) in [5.74, 6) is 1.61. The highest BCUT2D eigenvalue weighted by molar-refractivity contribution is 9.10. The van der Waals surface area contributed by atoms with Gasteiger partial charge in [-0.1, -0.05) is 29.8 Å². The number of halogens is 2. The first-order valence-electron chi connectivity index (χ1n) is 8.22. The van der Waals surface area contributed by atoms with E-state index in [2.05, 4.69) is 21.2 Å². The van der Waals surface area contributed by atoms with Crippen molar-refractivity contribution in [3.8, 4) is 11.5 Å². The van der Waals surface area contributed by atoms with Crippen molar-refractivity contribution >= 4 is 33.4 Å². The SMILES string of the molecule is O=C(CCCOc1ccc(Cl)cc1Br)NC1CCOc2ccccc21. The van der Waals surface area contributed by atoms with Crippen LogP contribution in [-0.4, -0.2) is 19.1 Å². The molecule has 6 heteroatoms. The Labute approximate surface area is 160 Å². The van der Waals surface area contributed by atoms with Crippen LogP contribution in [0.15, 0.2) is 46.9 Å². The lowest BCUT2D eigenvalue weighted by molar-refractivity contribution is -0.122. The largest absolute Gasteiger partial charge is 0.493 e. The summed E-state index contributed by atoms with van der Waals surface area (Å²) in [5, 5.41) is 3.74. The van der Waals surface area contributed by atoms with Crippen LogP contribution in [0.3, 0.4) is 0 Å². The number of carbonyl (C=O) groups excluding carboxylic acids is 1. The molecule has 4 nitrogen and oxygen atoms in total. The Bertz CT molecular complexity index is 753. The highest BCUT2D eigenvalue weighted by Crippen LogP contribution is 2.31. The van der Waals surface area contributed by atoms with Crippen molar-refractivity contribution in [1.29, 1.82) is 0 Å². The molecule has 132 valence electrons. The summed E-state index contributed by atoms with van der Waals surface area (Å²) < 4.78 is 12.1. The minimum absolute atomic E-state index is 0.0174. The Morgan fingerprint density at radius 2 is 2.16 bits per heavy atom. The third-order valence-corrected chi connectivity index (χ3v) is 4.85. The molecule has 25 heavy (non-hydrogen) atoms. The fraction of sp³-hybridized carbons (Fsp3) is 0.316. The van der Waals surface area contributed by atoms with Crippen molar-refractivity contribution in [3.05, 3.63) is 57.5 Å². The molecule has 0 fully saturated rings. The highest BCUT2D eigenvalue weighted by Gasteiger charge is 2.22. The number of amides is 1. The number of fused-ring (bicyclic) bond motifs is 1. The fourth-order valence-corrected chi connectivity index (χ4v) is 3.56. The van der Waals surface area contributed by atoms with E-state index < -0.39 is 0 Å². The lowest BCUT2D eigenvalue weighted by atomic mass is 10.0. The van der Waals surface area contributed by atoms with Crippen LogP contribution >= 0.6 is 27.5 Å². The smallest absolute Gasteiger partial charge is 0.220 e. The van der Waals surface area contributed by atoms with Gasteiger partial charge in [0.15, 0.2) is 0 Å². The third kappa shape index (κ3) is 4.89. The Morgan fingerprint density at radius 1 is 1.32 bits per heavy atom. The van der Waals surface area contributed by atoms with Crippen molar-refractivity contribution in [3.63, 3.8) is 0 Å². The standard InChI is InChI=1S/C19H19BrClNO3/c20-15-12-13(21)7-8-18(15)24-10-3-6-19(23)22-16-9-11-25-17-5-2-1-4-14(16)17/h1-2,4-5,7-8,12,16H,3,6,9-11H2,(H,22,23). The maximum Gasteiger partial charge on any atom is 0.220 e. The minimum Gasteiger partial charge on any atom is -0.493 e. The van der Waals surface area contributed by atoms with Crippen LogP contribution in [0.4, 0.5) is 0 Å². The zero-order chi connectivity index (χ0) is 17.6. The van der Waals surface area contributed by atoms with Gasteiger partial charge in [0.1, 0.15) is 11.5 Å². The molecule has 1 aliphatic rings. The number of hydrogen-bond donors (Lipinski definition) is 1. The zero-order valence-electron chi connectivity index (χ0n) is 13.6. The molecule has 0 bridgehead atoms. The van der Waals surface area contributed by atoms with Crippen molar-refractivity contribution in [1.82, 2.24) is 5.32 Å². The molecule has 2 aromatic carbocycles. The molecule has 0 aliphatic carbocycles. The van der Waals surface area contributed by atoms with Gasteiger partial charge in [0, 0.05) is 23.4 Å². The molecule has 1 heterocycles. The van der Waals surface area contributed by atoms with E-state index in [0.717, 1.165) is 28.0 Å². The molecule has 0 aromatic heterocycles. The summed E-state index contributed by atoms with van der Waals surface area (Å²) in [5.41, 5.74) is 1.04. The van der Waals surface area contributed by atoms with Gasteiger partial charge in [-0.3, -0.25) is 4.79 Å². The van der Waals surface area contributed by atoms with Crippen LogP contribution in [0.1, 0.15) is 30.9 Å². The average molecular weight is 425 g/mol. The molecular weight excluding hydrogens is 406 g/mol. The van der Waals surface area contributed by atoms with Gasteiger partial charge in [-0.15, -0.1) is 0 Å². The van der Waals surface area contributed by atoms with Crippen LogP contribution < -0.4 is 14.8 Å². The minimum atomic E-state index is 0.0174. The predicted molar refractivity (Wildman–Crippen MR) is 101 cm³/mol. The van der Waals surface area contributed by atoms with Gasteiger partial charge < -0.3 is 14.8 Å². The molecule has 0 saturated carbocycles. The van der Waals surface area contributed by atoms with Gasteiger partial charge >= 0.3 is 0 Å². The van der Waals surface area contributed by atoms with Crippen LogP contribution in [0.25, 0.3) is 0 Å². The lowest BCUT2D eigenvalue weighted by Crippen LogP contribution is -2.32. The topological polar surface area (TPSA) is 47.6 Å². The van der Waals surface area contributed by atoms with Crippen molar-refractivity contribution in [2.75, 3.05) is 13.2 Å². The second-order valence-electron chi connectivity index (χ2n) is 5.82. The Kier molecular flexibility index (Phi) is 6.21. The van der Waals surface area contributed by atoms with Gasteiger partial charge in [-0.05, 0) is 46.6 Å². The number of para-hydroxylation sites is 1. The number of carbonyl (C=O) groups is 1. The molecule has 1 N–H and O–H groups in total. The number of nitrogens with one attached hydrogen (secondary N) is 1. The van der Waals surface area contributed by atoms with Gasteiger partial charge in [0.05, 0.1) is 23.7 Å². The molecule has 1 atom stereocenters. The van der Waals surface area contributed by atoms with Crippen LogP contribution in [0, 0.1) is 0 Å². The number of benzene rings is 2. The van der Waals surface area contributed by atoms with Crippen LogP contribution in [0.2, 0.25) is 5.02 Å². The zero-order valence-corrected chi connectivity index (χ0v) is 16.0. The van der Waals surface area contributed by atoms with Crippen molar-refractivity contribution < 1.29 is 14.3 Å². The van der Waals surface area contributed by atoms with E-state index in [4.69, 9.17) is 21.1 Å². The van der Waals surface area contributed by atoms with E-state index in [1.54, 1.807) is 12.1 Å². The predicted octanol–water partition coefficient (Wildman–Crippen LogP) is 4.90. The highest BCUT2D eigenvalue weighted by atomic mass is 79.9. The first-order valence-corrected chi connectivity index (χ1v) is 9.39.